The molecular weight excluding hydrogens is 418 g/mol. The van der Waals surface area contributed by atoms with Gasteiger partial charge in [-0.25, -0.2) is 4.98 Å². The summed E-state index contributed by atoms with van der Waals surface area (Å²) in [6, 6.07) is 12.0. The fourth-order valence-corrected chi connectivity index (χ4v) is 3.69. The van der Waals surface area contributed by atoms with Crippen LogP contribution >= 0.6 is 11.6 Å². The lowest BCUT2D eigenvalue weighted by Gasteiger charge is -2.06. The van der Waals surface area contributed by atoms with E-state index in [1.165, 1.54) is 12.3 Å². The minimum absolute atomic E-state index is 0.133. The molecule has 31 heavy (non-hydrogen) atoms. The van der Waals surface area contributed by atoms with Crippen LogP contribution in [0.2, 0.25) is 5.02 Å². The van der Waals surface area contributed by atoms with Crippen LogP contribution in [0.25, 0.3) is 22.6 Å². The van der Waals surface area contributed by atoms with E-state index in [2.05, 4.69) is 9.98 Å². The number of aliphatic imine (C=N–C) groups is 1. The largest absolute Gasteiger partial charge is 0.502 e. The average Bonchev–Trinajstić information content (AvgIpc) is 3.13. The number of aryl methyl sites for hydroxylation is 2. The van der Waals surface area contributed by atoms with E-state index in [9.17, 15) is 15.2 Å². The van der Waals surface area contributed by atoms with E-state index < -0.39 is 16.4 Å². The van der Waals surface area contributed by atoms with E-state index in [0.717, 1.165) is 39.4 Å². The summed E-state index contributed by atoms with van der Waals surface area (Å²) >= 11 is 5.95. The highest BCUT2D eigenvalue weighted by molar-refractivity contribution is 6.31. The standard InChI is InChI=1S/C23H18ClN3O4/c1-12-7-13(2)22-19(8-12)26-23(31-22)17-5-4-6-18(14(17)3)25-11-15-9-16(24)10-20(21(15)28)27(29)30/h4-11,28H,1-3H3. The van der Waals surface area contributed by atoms with Crippen LogP contribution in [0.3, 0.4) is 0 Å². The van der Waals surface area contributed by atoms with Crippen LogP contribution in [0.15, 0.2) is 51.9 Å². The molecule has 3 aromatic carbocycles. The van der Waals surface area contributed by atoms with Crippen molar-refractivity contribution in [2.24, 2.45) is 4.99 Å². The van der Waals surface area contributed by atoms with Gasteiger partial charge >= 0.3 is 5.69 Å². The fraction of sp³-hybridized carbons (Fsp3) is 0.130. The molecule has 1 heterocycles. The van der Waals surface area contributed by atoms with Gasteiger partial charge in [0.15, 0.2) is 5.58 Å². The van der Waals surface area contributed by atoms with Crippen LogP contribution in [0, 0.1) is 30.9 Å². The molecule has 7 nitrogen and oxygen atoms in total. The summed E-state index contributed by atoms with van der Waals surface area (Å²) in [6.45, 7) is 5.88. The highest BCUT2D eigenvalue weighted by Crippen LogP contribution is 2.35. The first kappa shape index (κ1) is 20.6. The maximum absolute atomic E-state index is 11.1. The molecule has 0 saturated carbocycles. The van der Waals surface area contributed by atoms with Crippen molar-refractivity contribution in [1.29, 1.82) is 0 Å². The van der Waals surface area contributed by atoms with Crippen molar-refractivity contribution in [1.82, 2.24) is 4.98 Å². The first-order valence-electron chi connectivity index (χ1n) is 9.43. The van der Waals surface area contributed by atoms with Crippen molar-refractivity contribution in [2.75, 3.05) is 0 Å². The Hall–Kier alpha value is -3.71. The van der Waals surface area contributed by atoms with Gasteiger partial charge in [0.05, 0.1) is 10.6 Å². The van der Waals surface area contributed by atoms with Crippen molar-refractivity contribution < 1.29 is 14.4 Å². The SMILES string of the molecule is Cc1cc(C)c2oc(-c3cccc(N=Cc4cc(Cl)cc([N+](=O)[O-])c4O)c3C)nc2c1. The Kier molecular flexibility index (Phi) is 5.20. The first-order chi connectivity index (χ1) is 14.7. The molecule has 0 aliphatic carbocycles. The van der Waals surface area contributed by atoms with Crippen LogP contribution in [-0.4, -0.2) is 21.2 Å². The molecule has 0 saturated heterocycles. The van der Waals surface area contributed by atoms with Crippen LogP contribution in [0.5, 0.6) is 5.75 Å². The predicted octanol–water partition coefficient (Wildman–Crippen LogP) is 6.44. The number of hydrogen-bond acceptors (Lipinski definition) is 6. The van der Waals surface area contributed by atoms with Gasteiger partial charge in [-0.1, -0.05) is 23.7 Å². The molecule has 0 amide bonds. The number of hydrogen-bond donors (Lipinski definition) is 1. The number of oxazole rings is 1. The number of fused-ring (bicyclic) bond motifs is 1. The molecule has 0 radical (unpaired) electrons. The molecule has 0 atom stereocenters. The zero-order chi connectivity index (χ0) is 22.3. The van der Waals surface area contributed by atoms with Crippen molar-refractivity contribution in [3.8, 4) is 17.2 Å². The molecule has 0 aliphatic rings. The first-order valence-corrected chi connectivity index (χ1v) is 9.81. The van der Waals surface area contributed by atoms with Gasteiger partial charge < -0.3 is 9.52 Å². The molecule has 4 aromatic rings. The Labute approximate surface area is 182 Å². The Bertz CT molecular complexity index is 1380. The lowest BCUT2D eigenvalue weighted by atomic mass is 10.1. The van der Waals surface area contributed by atoms with Gasteiger partial charge in [0, 0.05) is 28.4 Å². The molecule has 0 bridgehead atoms. The molecule has 0 unspecified atom stereocenters. The van der Waals surface area contributed by atoms with E-state index in [0.29, 0.717) is 11.6 Å². The zero-order valence-electron chi connectivity index (χ0n) is 17.0. The Morgan fingerprint density at radius 3 is 2.71 bits per heavy atom. The van der Waals surface area contributed by atoms with E-state index in [1.54, 1.807) is 6.07 Å². The highest BCUT2D eigenvalue weighted by Gasteiger charge is 2.18. The second kappa shape index (κ2) is 7.85. The van der Waals surface area contributed by atoms with Gasteiger partial charge in [0.25, 0.3) is 0 Å². The van der Waals surface area contributed by atoms with E-state index >= 15 is 0 Å². The highest BCUT2D eigenvalue weighted by atomic mass is 35.5. The molecule has 4 rings (SSSR count). The number of halogens is 1. The van der Waals surface area contributed by atoms with Gasteiger partial charge in [0.1, 0.15) is 5.52 Å². The number of nitrogens with zero attached hydrogens (tertiary/aromatic N) is 3. The number of aromatic hydroxyl groups is 1. The minimum atomic E-state index is -0.693. The number of nitro benzene ring substituents is 1. The number of phenolic OH excluding ortho intramolecular Hbond substituents is 1. The normalized spacial score (nSPS) is 11.5. The quantitative estimate of drug-likeness (QED) is 0.226. The molecule has 156 valence electrons. The summed E-state index contributed by atoms with van der Waals surface area (Å²) in [6.07, 6.45) is 1.35. The van der Waals surface area contributed by atoms with Gasteiger partial charge in [-0.05, 0) is 61.7 Å². The second-order valence-corrected chi connectivity index (χ2v) is 7.71. The average molecular weight is 436 g/mol. The van der Waals surface area contributed by atoms with Crippen molar-refractivity contribution in [3.05, 3.63) is 79.9 Å². The van der Waals surface area contributed by atoms with Gasteiger partial charge in [-0.15, -0.1) is 0 Å². The van der Waals surface area contributed by atoms with E-state index in [4.69, 9.17) is 16.0 Å². The molecule has 1 N–H and O–H groups in total. The lowest BCUT2D eigenvalue weighted by molar-refractivity contribution is -0.385. The number of benzene rings is 3. The monoisotopic (exact) mass is 435 g/mol. The summed E-state index contributed by atoms with van der Waals surface area (Å²) in [7, 11) is 0. The molecular formula is C23H18ClN3O4. The third-order valence-corrected chi connectivity index (χ3v) is 5.20. The molecule has 0 aliphatic heterocycles. The number of rotatable bonds is 4. The lowest BCUT2D eigenvalue weighted by Crippen LogP contribution is -1.93. The molecule has 0 fully saturated rings. The summed E-state index contributed by atoms with van der Waals surface area (Å²) < 4.78 is 6.02. The van der Waals surface area contributed by atoms with Crippen LogP contribution < -0.4 is 0 Å². The third kappa shape index (κ3) is 3.87. The van der Waals surface area contributed by atoms with Crippen LogP contribution in [0.1, 0.15) is 22.3 Å². The number of phenols is 1. The third-order valence-electron chi connectivity index (χ3n) is 4.98. The topological polar surface area (TPSA) is 102 Å². The summed E-state index contributed by atoms with van der Waals surface area (Å²) in [5.41, 5.74) is 5.53. The minimum Gasteiger partial charge on any atom is -0.502 e. The second-order valence-electron chi connectivity index (χ2n) is 7.28. The summed E-state index contributed by atoms with van der Waals surface area (Å²) in [5, 5.41) is 21.4. The molecule has 8 heteroatoms. The van der Waals surface area contributed by atoms with Gasteiger partial charge in [-0.2, -0.15) is 0 Å². The maximum Gasteiger partial charge on any atom is 0.312 e. The van der Waals surface area contributed by atoms with E-state index in [1.807, 2.05) is 45.0 Å². The number of nitro groups is 1. The maximum atomic E-state index is 11.1. The summed E-state index contributed by atoms with van der Waals surface area (Å²) in [4.78, 5) is 19.5. The van der Waals surface area contributed by atoms with E-state index in [-0.39, 0.29) is 10.6 Å². The van der Waals surface area contributed by atoms with Gasteiger partial charge in [0.2, 0.25) is 11.6 Å². The van der Waals surface area contributed by atoms with Crippen molar-refractivity contribution in [3.63, 3.8) is 0 Å². The van der Waals surface area contributed by atoms with Crippen LogP contribution in [-0.2, 0) is 0 Å². The van der Waals surface area contributed by atoms with Crippen molar-refractivity contribution >= 4 is 40.3 Å². The van der Waals surface area contributed by atoms with Gasteiger partial charge in [-0.3, -0.25) is 15.1 Å². The van der Waals surface area contributed by atoms with Crippen molar-refractivity contribution in [2.45, 2.75) is 20.8 Å². The predicted molar refractivity (Wildman–Crippen MR) is 121 cm³/mol. The Morgan fingerprint density at radius 2 is 1.97 bits per heavy atom. The Balaban J connectivity index is 1.76. The zero-order valence-corrected chi connectivity index (χ0v) is 17.8. The Morgan fingerprint density at radius 1 is 1.19 bits per heavy atom. The van der Waals surface area contributed by atoms with Crippen LogP contribution in [0.4, 0.5) is 11.4 Å². The smallest absolute Gasteiger partial charge is 0.312 e. The summed E-state index contributed by atoms with van der Waals surface area (Å²) in [5.74, 6) is -0.00348. The molecule has 0 spiro atoms. The molecule has 1 aromatic heterocycles. The fourth-order valence-electron chi connectivity index (χ4n) is 3.47. The number of aromatic nitrogens is 1.